The standard InChI is InChI=1S/C13H20ClFN2O2/c1-10(9-19-3)17(6-7-18-2)13-12(15)11(8-14)4-5-16-13/h4-5,10H,6-9H2,1-3H3. The van der Waals surface area contributed by atoms with E-state index in [4.69, 9.17) is 21.1 Å². The maximum Gasteiger partial charge on any atom is 0.170 e. The van der Waals surface area contributed by atoms with Crippen molar-refractivity contribution in [2.45, 2.75) is 18.8 Å². The van der Waals surface area contributed by atoms with Gasteiger partial charge in [-0.3, -0.25) is 0 Å². The zero-order chi connectivity index (χ0) is 14.3. The molecule has 108 valence electrons. The van der Waals surface area contributed by atoms with Gasteiger partial charge in [0.15, 0.2) is 11.6 Å². The molecule has 1 aromatic heterocycles. The van der Waals surface area contributed by atoms with Crippen LogP contribution in [0.3, 0.4) is 0 Å². The third-order valence-corrected chi connectivity index (χ3v) is 3.13. The number of pyridine rings is 1. The van der Waals surface area contributed by atoms with Gasteiger partial charge in [-0.15, -0.1) is 11.6 Å². The maximum atomic E-state index is 14.3. The Morgan fingerprint density at radius 2 is 2.16 bits per heavy atom. The molecule has 0 amide bonds. The Balaban J connectivity index is 3.02. The summed E-state index contributed by atoms with van der Waals surface area (Å²) in [4.78, 5) is 5.96. The summed E-state index contributed by atoms with van der Waals surface area (Å²) in [6, 6.07) is 1.58. The number of halogens is 2. The maximum absolute atomic E-state index is 14.3. The van der Waals surface area contributed by atoms with Crippen molar-refractivity contribution in [1.82, 2.24) is 4.98 Å². The molecule has 0 saturated carbocycles. The quantitative estimate of drug-likeness (QED) is 0.689. The highest BCUT2D eigenvalue weighted by atomic mass is 35.5. The highest BCUT2D eigenvalue weighted by molar-refractivity contribution is 6.17. The Morgan fingerprint density at radius 3 is 2.74 bits per heavy atom. The Kier molecular flexibility index (Phi) is 7.05. The van der Waals surface area contributed by atoms with E-state index in [2.05, 4.69) is 4.98 Å². The van der Waals surface area contributed by atoms with Crippen molar-refractivity contribution in [1.29, 1.82) is 0 Å². The Hall–Kier alpha value is -0.910. The van der Waals surface area contributed by atoms with E-state index in [1.165, 1.54) is 0 Å². The van der Waals surface area contributed by atoms with Crippen molar-refractivity contribution in [2.24, 2.45) is 0 Å². The average molecular weight is 291 g/mol. The third kappa shape index (κ3) is 4.30. The number of alkyl halides is 1. The number of methoxy groups -OCH3 is 2. The monoisotopic (exact) mass is 290 g/mol. The van der Waals surface area contributed by atoms with Crippen molar-refractivity contribution in [3.8, 4) is 0 Å². The van der Waals surface area contributed by atoms with Crippen LogP contribution in [0.15, 0.2) is 12.3 Å². The minimum absolute atomic E-state index is 0.00674. The summed E-state index contributed by atoms with van der Waals surface area (Å²) < 4.78 is 24.5. The predicted octanol–water partition coefficient (Wildman–Crippen LogP) is 2.45. The number of aromatic nitrogens is 1. The molecule has 1 heterocycles. The molecule has 1 rings (SSSR count). The van der Waals surface area contributed by atoms with Crippen LogP contribution in [-0.4, -0.2) is 45.0 Å². The molecule has 1 atom stereocenters. The molecule has 19 heavy (non-hydrogen) atoms. The molecule has 1 unspecified atom stereocenters. The van der Waals surface area contributed by atoms with Gasteiger partial charge < -0.3 is 14.4 Å². The van der Waals surface area contributed by atoms with Crippen LogP contribution >= 0.6 is 11.6 Å². The molecule has 0 bridgehead atoms. The molecule has 0 spiro atoms. The molecule has 1 aromatic rings. The van der Waals surface area contributed by atoms with E-state index in [9.17, 15) is 4.39 Å². The average Bonchev–Trinajstić information content (AvgIpc) is 2.41. The van der Waals surface area contributed by atoms with Crippen LogP contribution in [0.4, 0.5) is 10.2 Å². The van der Waals surface area contributed by atoms with E-state index >= 15 is 0 Å². The molecule has 6 heteroatoms. The van der Waals surface area contributed by atoms with Crippen LogP contribution in [0.2, 0.25) is 0 Å². The van der Waals surface area contributed by atoms with E-state index in [-0.39, 0.29) is 17.7 Å². The van der Waals surface area contributed by atoms with Gasteiger partial charge in [0.05, 0.1) is 25.1 Å². The Morgan fingerprint density at radius 1 is 1.42 bits per heavy atom. The zero-order valence-corrected chi connectivity index (χ0v) is 12.3. The van der Waals surface area contributed by atoms with E-state index in [1.807, 2.05) is 11.8 Å². The first-order valence-corrected chi connectivity index (χ1v) is 6.63. The lowest BCUT2D eigenvalue weighted by atomic mass is 10.2. The fraction of sp³-hybridized carbons (Fsp3) is 0.615. The van der Waals surface area contributed by atoms with Crippen molar-refractivity contribution < 1.29 is 13.9 Å². The van der Waals surface area contributed by atoms with Crippen LogP contribution in [0.25, 0.3) is 0 Å². The van der Waals surface area contributed by atoms with Crippen LogP contribution in [0, 0.1) is 5.82 Å². The van der Waals surface area contributed by atoms with E-state index in [1.54, 1.807) is 26.5 Å². The molecule has 0 aliphatic carbocycles. The third-order valence-electron chi connectivity index (χ3n) is 2.84. The predicted molar refractivity (Wildman–Crippen MR) is 74.3 cm³/mol. The minimum atomic E-state index is -0.378. The lowest BCUT2D eigenvalue weighted by Crippen LogP contribution is -2.40. The van der Waals surface area contributed by atoms with Gasteiger partial charge in [0.2, 0.25) is 0 Å². The van der Waals surface area contributed by atoms with Crippen molar-refractivity contribution in [3.63, 3.8) is 0 Å². The molecular weight excluding hydrogens is 271 g/mol. The van der Waals surface area contributed by atoms with Crippen LogP contribution in [0.5, 0.6) is 0 Å². The second-order valence-corrected chi connectivity index (χ2v) is 4.50. The summed E-state index contributed by atoms with van der Waals surface area (Å²) in [6.45, 7) is 3.46. The van der Waals surface area contributed by atoms with Gasteiger partial charge in [-0.05, 0) is 13.0 Å². The minimum Gasteiger partial charge on any atom is -0.383 e. The molecule has 0 aromatic carbocycles. The summed E-state index contributed by atoms with van der Waals surface area (Å²) in [5.41, 5.74) is 0.443. The van der Waals surface area contributed by atoms with E-state index in [0.29, 0.717) is 31.1 Å². The van der Waals surface area contributed by atoms with Gasteiger partial charge in [0.1, 0.15) is 0 Å². The summed E-state index contributed by atoms with van der Waals surface area (Å²) in [5.74, 6) is 0.0364. The second-order valence-electron chi connectivity index (χ2n) is 4.23. The van der Waals surface area contributed by atoms with Crippen molar-refractivity contribution in [3.05, 3.63) is 23.6 Å². The number of hydrogen-bond donors (Lipinski definition) is 0. The summed E-state index contributed by atoms with van der Waals surface area (Å²) >= 11 is 5.72. The first-order valence-electron chi connectivity index (χ1n) is 6.09. The van der Waals surface area contributed by atoms with Crippen LogP contribution in [0.1, 0.15) is 12.5 Å². The zero-order valence-electron chi connectivity index (χ0n) is 11.5. The number of nitrogens with zero attached hydrogens (tertiary/aromatic N) is 2. The smallest absolute Gasteiger partial charge is 0.170 e. The summed E-state index contributed by atoms with van der Waals surface area (Å²) in [7, 11) is 3.22. The van der Waals surface area contributed by atoms with Crippen molar-refractivity contribution in [2.75, 3.05) is 38.9 Å². The number of ether oxygens (including phenoxy) is 2. The molecule has 0 radical (unpaired) electrons. The molecule has 0 aliphatic rings. The highest BCUT2D eigenvalue weighted by Crippen LogP contribution is 2.22. The van der Waals surface area contributed by atoms with Crippen LogP contribution < -0.4 is 4.90 Å². The lowest BCUT2D eigenvalue weighted by molar-refractivity contribution is 0.170. The normalized spacial score (nSPS) is 12.5. The van der Waals surface area contributed by atoms with Crippen molar-refractivity contribution >= 4 is 17.4 Å². The topological polar surface area (TPSA) is 34.6 Å². The molecular formula is C13H20ClFN2O2. The first-order chi connectivity index (χ1) is 9.15. The fourth-order valence-corrected chi connectivity index (χ4v) is 2.04. The summed E-state index contributed by atoms with van der Waals surface area (Å²) in [5, 5.41) is 0. The first kappa shape index (κ1) is 16.1. The van der Waals surface area contributed by atoms with Crippen LogP contribution in [-0.2, 0) is 15.4 Å². The SMILES string of the molecule is COCCN(c1nccc(CCl)c1F)C(C)COC. The molecule has 0 aliphatic heterocycles. The van der Waals surface area contributed by atoms with Gasteiger partial charge in [-0.1, -0.05) is 0 Å². The molecule has 4 nitrogen and oxygen atoms in total. The number of hydrogen-bond acceptors (Lipinski definition) is 4. The van der Waals surface area contributed by atoms with Gasteiger partial charge in [-0.2, -0.15) is 0 Å². The van der Waals surface area contributed by atoms with Gasteiger partial charge in [-0.25, -0.2) is 9.37 Å². The van der Waals surface area contributed by atoms with E-state index in [0.717, 1.165) is 0 Å². The van der Waals surface area contributed by atoms with Gasteiger partial charge in [0.25, 0.3) is 0 Å². The van der Waals surface area contributed by atoms with E-state index < -0.39 is 0 Å². The second kappa shape index (κ2) is 8.30. The van der Waals surface area contributed by atoms with Gasteiger partial charge in [0, 0.05) is 32.5 Å². The Bertz CT molecular complexity index is 393. The largest absolute Gasteiger partial charge is 0.383 e. The molecule has 0 N–H and O–H groups in total. The van der Waals surface area contributed by atoms with Gasteiger partial charge >= 0.3 is 0 Å². The molecule has 0 fully saturated rings. The Labute approximate surface area is 118 Å². The summed E-state index contributed by atoms with van der Waals surface area (Å²) in [6.07, 6.45) is 1.56. The number of anilines is 1. The highest BCUT2D eigenvalue weighted by Gasteiger charge is 2.20. The molecule has 0 saturated heterocycles. The number of rotatable bonds is 8. The fourth-order valence-electron chi connectivity index (χ4n) is 1.83. The lowest BCUT2D eigenvalue weighted by Gasteiger charge is -2.30.